The van der Waals surface area contributed by atoms with Crippen molar-refractivity contribution in [2.75, 3.05) is 10.6 Å². The van der Waals surface area contributed by atoms with Crippen LogP contribution >= 0.6 is 0 Å². The Hall–Kier alpha value is -2.04. The predicted molar refractivity (Wildman–Crippen MR) is 51.7 cm³/mol. The lowest BCUT2D eigenvalue weighted by Gasteiger charge is -2.24. The Morgan fingerprint density at radius 3 is 2.57 bits per heavy atom. The lowest BCUT2D eigenvalue weighted by atomic mass is 10.1. The average molecular weight is 191 g/mol. The molecule has 14 heavy (non-hydrogen) atoms. The van der Waals surface area contributed by atoms with Crippen LogP contribution in [0.2, 0.25) is 0 Å². The third-order valence-electron chi connectivity index (χ3n) is 2.03. The van der Waals surface area contributed by atoms with Crippen LogP contribution < -0.4 is 16.4 Å². The van der Waals surface area contributed by atoms with Crippen molar-refractivity contribution in [1.29, 1.82) is 0 Å². The fourth-order valence-electron chi connectivity index (χ4n) is 1.34. The molecule has 0 spiro atoms. The molecule has 1 unspecified atom stereocenters. The maximum atomic E-state index is 11.3. The Bertz CT molecular complexity index is 403. The molecular weight excluding hydrogens is 182 g/mol. The number of amides is 2. The summed E-state index contributed by atoms with van der Waals surface area (Å²) in [5.41, 5.74) is 6.42. The van der Waals surface area contributed by atoms with Gasteiger partial charge in [0, 0.05) is 0 Å². The quantitative estimate of drug-likeness (QED) is 0.542. The number of fused-ring (bicyclic) bond motifs is 1. The Labute approximate surface area is 80.3 Å². The topological polar surface area (TPSA) is 84.2 Å². The molecule has 2 rings (SSSR count). The molecule has 0 radical (unpaired) electrons. The minimum atomic E-state index is -0.982. The maximum absolute atomic E-state index is 11.3. The van der Waals surface area contributed by atoms with Gasteiger partial charge in [-0.15, -0.1) is 0 Å². The summed E-state index contributed by atoms with van der Waals surface area (Å²) in [6.45, 7) is 0. The summed E-state index contributed by atoms with van der Waals surface area (Å²) < 4.78 is 0. The molecule has 1 aliphatic heterocycles. The minimum Gasteiger partial charge on any atom is -0.367 e. The first-order valence-electron chi connectivity index (χ1n) is 4.14. The number of carbonyl (C=O) groups is 2. The Balaban J connectivity index is 2.36. The van der Waals surface area contributed by atoms with Crippen molar-refractivity contribution in [3.63, 3.8) is 0 Å². The number of rotatable bonds is 1. The van der Waals surface area contributed by atoms with Crippen molar-refractivity contribution in [3.8, 4) is 0 Å². The molecule has 1 aliphatic rings. The van der Waals surface area contributed by atoms with Crippen LogP contribution in [0, 0.1) is 0 Å². The molecule has 1 atom stereocenters. The smallest absolute Gasteiger partial charge is 0.256 e. The number of benzene rings is 1. The summed E-state index contributed by atoms with van der Waals surface area (Å²) in [7, 11) is 0. The van der Waals surface area contributed by atoms with Crippen LogP contribution in [0.3, 0.4) is 0 Å². The molecule has 72 valence electrons. The fraction of sp³-hybridized carbons (Fsp3) is 0.111. The van der Waals surface area contributed by atoms with E-state index in [1.165, 1.54) is 0 Å². The molecule has 0 aromatic heterocycles. The summed E-state index contributed by atoms with van der Waals surface area (Å²) in [4.78, 5) is 22.2. The third kappa shape index (κ3) is 1.28. The summed E-state index contributed by atoms with van der Waals surface area (Å²) in [5, 5.41) is 5.35. The second kappa shape index (κ2) is 3.02. The van der Waals surface area contributed by atoms with Gasteiger partial charge in [0.05, 0.1) is 11.4 Å². The molecule has 0 fully saturated rings. The van der Waals surface area contributed by atoms with E-state index >= 15 is 0 Å². The number of hydrogen-bond acceptors (Lipinski definition) is 3. The number of para-hydroxylation sites is 2. The van der Waals surface area contributed by atoms with Crippen molar-refractivity contribution in [2.45, 2.75) is 6.04 Å². The SMILES string of the molecule is NC(=O)C1Nc2ccccc2NC1=O. The first-order chi connectivity index (χ1) is 6.68. The van der Waals surface area contributed by atoms with Crippen LogP contribution in [-0.4, -0.2) is 17.9 Å². The van der Waals surface area contributed by atoms with E-state index in [2.05, 4.69) is 10.6 Å². The summed E-state index contributed by atoms with van der Waals surface area (Å²) in [5.74, 6) is -1.10. The van der Waals surface area contributed by atoms with Gasteiger partial charge in [0.2, 0.25) is 5.91 Å². The van der Waals surface area contributed by atoms with Crippen LogP contribution in [-0.2, 0) is 9.59 Å². The Morgan fingerprint density at radius 1 is 1.29 bits per heavy atom. The predicted octanol–water partition coefficient (Wildman–Crippen LogP) is -0.0955. The van der Waals surface area contributed by atoms with Crippen LogP contribution in [0.25, 0.3) is 0 Å². The van der Waals surface area contributed by atoms with Crippen molar-refractivity contribution >= 4 is 23.2 Å². The normalized spacial score (nSPS) is 19.1. The molecule has 1 aromatic rings. The number of hydrogen-bond donors (Lipinski definition) is 3. The van der Waals surface area contributed by atoms with Crippen LogP contribution in [0.1, 0.15) is 0 Å². The van der Waals surface area contributed by atoms with Gasteiger partial charge in [-0.3, -0.25) is 9.59 Å². The van der Waals surface area contributed by atoms with E-state index in [0.29, 0.717) is 11.4 Å². The highest BCUT2D eigenvalue weighted by Crippen LogP contribution is 2.25. The standard InChI is InChI=1S/C9H9N3O2/c10-8(13)7-9(14)12-6-4-2-1-3-5(6)11-7/h1-4,7,11H,(H2,10,13)(H,12,14). The van der Waals surface area contributed by atoms with Crippen molar-refractivity contribution in [2.24, 2.45) is 5.73 Å². The first-order valence-corrected chi connectivity index (χ1v) is 4.14. The van der Waals surface area contributed by atoms with Crippen LogP contribution in [0.4, 0.5) is 11.4 Å². The molecule has 0 aliphatic carbocycles. The van der Waals surface area contributed by atoms with Gasteiger partial charge in [-0.2, -0.15) is 0 Å². The summed E-state index contributed by atoms with van der Waals surface area (Å²) in [6, 6.07) is 6.14. The number of nitrogens with one attached hydrogen (secondary N) is 2. The molecule has 0 saturated heterocycles. The number of carbonyl (C=O) groups excluding carboxylic acids is 2. The van der Waals surface area contributed by atoms with E-state index in [0.717, 1.165) is 0 Å². The highest BCUT2D eigenvalue weighted by atomic mass is 16.2. The molecule has 1 heterocycles. The molecule has 5 heteroatoms. The lowest BCUT2D eigenvalue weighted by Crippen LogP contribution is -2.47. The van der Waals surface area contributed by atoms with E-state index in [-0.39, 0.29) is 0 Å². The molecule has 4 N–H and O–H groups in total. The zero-order valence-electron chi connectivity index (χ0n) is 7.28. The van der Waals surface area contributed by atoms with Gasteiger partial charge in [0.1, 0.15) is 0 Å². The number of anilines is 2. The lowest BCUT2D eigenvalue weighted by molar-refractivity contribution is -0.126. The van der Waals surface area contributed by atoms with E-state index in [9.17, 15) is 9.59 Å². The highest BCUT2D eigenvalue weighted by Gasteiger charge is 2.29. The van der Waals surface area contributed by atoms with Gasteiger partial charge in [-0.25, -0.2) is 0 Å². The average Bonchev–Trinajstić information content (AvgIpc) is 2.16. The fourth-order valence-corrected chi connectivity index (χ4v) is 1.34. The summed E-state index contributed by atoms with van der Waals surface area (Å²) in [6.07, 6.45) is 0. The molecule has 2 amide bonds. The van der Waals surface area contributed by atoms with Crippen LogP contribution in [0.5, 0.6) is 0 Å². The van der Waals surface area contributed by atoms with Gasteiger partial charge in [0.25, 0.3) is 5.91 Å². The molecular formula is C9H9N3O2. The molecule has 0 bridgehead atoms. The van der Waals surface area contributed by atoms with E-state index in [1.807, 2.05) is 0 Å². The largest absolute Gasteiger partial charge is 0.367 e. The molecule has 1 aromatic carbocycles. The summed E-state index contributed by atoms with van der Waals surface area (Å²) >= 11 is 0. The first kappa shape index (κ1) is 8.55. The van der Waals surface area contributed by atoms with Crippen molar-refractivity contribution in [3.05, 3.63) is 24.3 Å². The van der Waals surface area contributed by atoms with E-state index in [1.54, 1.807) is 24.3 Å². The van der Waals surface area contributed by atoms with Gasteiger partial charge in [-0.05, 0) is 12.1 Å². The zero-order chi connectivity index (χ0) is 10.1. The monoisotopic (exact) mass is 191 g/mol. The van der Waals surface area contributed by atoms with E-state index in [4.69, 9.17) is 5.73 Å². The van der Waals surface area contributed by atoms with E-state index < -0.39 is 17.9 Å². The molecule has 5 nitrogen and oxygen atoms in total. The Kier molecular flexibility index (Phi) is 1.85. The number of nitrogens with two attached hydrogens (primary N) is 1. The van der Waals surface area contributed by atoms with Gasteiger partial charge in [0.15, 0.2) is 6.04 Å². The second-order valence-corrected chi connectivity index (χ2v) is 3.01. The number of primary amides is 1. The van der Waals surface area contributed by atoms with Gasteiger partial charge < -0.3 is 16.4 Å². The third-order valence-corrected chi connectivity index (χ3v) is 2.03. The second-order valence-electron chi connectivity index (χ2n) is 3.01. The zero-order valence-corrected chi connectivity index (χ0v) is 7.28. The van der Waals surface area contributed by atoms with Gasteiger partial charge in [-0.1, -0.05) is 12.1 Å². The molecule has 0 saturated carbocycles. The van der Waals surface area contributed by atoms with Crippen molar-refractivity contribution < 1.29 is 9.59 Å². The minimum absolute atomic E-state index is 0.420. The van der Waals surface area contributed by atoms with Crippen LogP contribution in [0.15, 0.2) is 24.3 Å². The van der Waals surface area contributed by atoms with Gasteiger partial charge >= 0.3 is 0 Å². The van der Waals surface area contributed by atoms with Crippen molar-refractivity contribution in [1.82, 2.24) is 0 Å². The highest BCUT2D eigenvalue weighted by molar-refractivity contribution is 6.15. The Morgan fingerprint density at radius 2 is 1.93 bits per heavy atom. The maximum Gasteiger partial charge on any atom is 0.256 e.